The van der Waals surface area contributed by atoms with Crippen molar-refractivity contribution in [2.45, 2.75) is 65.8 Å². The molecule has 102 valence electrons. The van der Waals surface area contributed by atoms with Crippen LogP contribution in [0.3, 0.4) is 0 Å². The van der Waals surface area contributed by atoms with Crippen LogP contribution in [-0.4, -0.2) is 12.6 Å². The number of hydrogen-bond donors (Lipinski definition) is 1. The van der Waals surface area contributed by atoms with Crippen molar-refractivity contribution >= 4 is 0 Å². The van der Waals surface area contributed by atoms with Crippen LogP contribution >= 0.6 is 0 Å². The van der Waals surface area contributed by atoms with E-state index < -0.39 is 0 Å². The zero-order valence-corrected chi connectivity index (χ0v) is 12.6. The van der Waals surface area contributed by atoms with E-state index in [0.29, 0.717) is 6.04 Å². The monoisotopic (exact) mass is 247 g/mol. The number of nitrogens with one attached hydrogen (secondary N) is 1. The molecule has 1 atom stereocenters. The molecular weight excluding hydrogens is 218 g/mol. The third-order valence-corrected chi connectivity index (χ3v) is 3.68. The van der Waals surface area contributed by atoms with Gasteiger partial charge < -0.3 is 5.32 Å². The zero-order valence-electron chi connectivity index (χ0n) is 12.6. The van der Waals surface area contributed by atoms with E-state index in [0.717, 1.165) is 6.54 Å². The lowest BCUT2D eigenvalue weighted by atomic mass is 9.98. The molecule has 1 unspecified atom stereocenters. The van der Waals surface area contributed by atoms with Crippen molar-refractivity contribution in [1.82, 2.24) is 5.32 Å². The smallest absolute Gasteiger partial charge is 0.00645 e. The first-order valence-corrected chi connectivity index (χ1v) is 7.46. The summed E-state index contributed by atoms with van der Waals surface area (Å²) in [5.74, 6) is 0. The molecule has 0 bridgehead atoms. The Balaban J connectivity index is 2.37. The van der Waals surface area contributed by atoms with Crippen LogP contribution < -0.4 is 5.32 Å². The normalized spacial score (nSPS) is 12.7. The summed E-state index contributed by atoms with van der Waals surface area (Å²) in [5, 5.41) is 3.63. The van der Waals surface area contributed by atoms with Crippen LogP contribution in [0.4, 0.5) is 0 Å². The van der Waals surface area contributed by atoms with Gasteiger partial charge in [-0.3, -0.25) is 0 Å². The van der Waals surface area contributed by atoms with Crippen LogP contribution in [-0.2, 0) is 6.42 Å². The molecule has 1 heteroatoms. The van der Waals surface area contributed by atoms with Gasteiger partial charge in [-0.1, -0.05) is 37.6 Å². The number of rotatable bonds is 8. The van der Waals surface area contributed by atoms with Crippen LogP contribution in [0.25, 0.3) is 0 Å². The lowest BCUT2D eigenvalue weighted by Crippen LogP contribution is -2.29. The van der Waals surface area contributed by atoms with Gasteiger partial charge in [-0.05, 0) is 63.6 Å². The highest BCUT2D eigenvalue weighted by molar-refractivity contribution is 5.30. The summed E-state index contributed by atoms with van der Waals surface area (Å²) in [7, 11) is 0. The molecule has 0 fully saturated rings. The fraction of sp³-hybridized carbons (Fsp3) is 0.647. The molecule has 0 saturated carbocycles. The Bertz CT molecular complexity index is 343. The van der Waals surface area contributed by atoms with E-state index in [4.69, 9.17) is 0 Å². The van der Waals surface area contributed by atoms with Gasteiger partial charge in [0.2, 0.25) is 0 Å². The molecule has 1 aromatic carbocycles. The number of aryl methyl sites for hydroxylation is 3. The second-order valence-electron chi connectivity index (χ2n) is 5.38. The largest absolute Gasteiger partial charge is 0.314 e. The topological polar surface area (TPSA) is 12.0 Å². The van der Waals surface area contributed by atoms with Crippen molar-refractivity contribution in [2.75, 3.05) is 6.54 Å². The number of benzene rings is 1. The Kier molecular flexibility index (Phi) is 7.04. The minimum atomic E-state index is 0.704. The van der Waals surface area contributed by atoms with Gasteiger partial charge in [-0.25, -0.2) is 0 Å². The van der Waals surface area contributed by atoms with Gasteiger partial charge in [0.25, 0.3) is 0 Å². The first-order valence-electron chi connectivity index (χ1n) is 7.46. The van der Waals surface area contributed by atoms with E-state index in [1.54, 1.807) is 0 Å². The van der Waals surface area contributed by atoms with E-state index >= 15 is 0 Å². The molecule has 1 nitrogen and oxygen atoms in total. The molecule has 0 heterocycles. The van der Waals surface area contributed by atoms with Crippen LogP contribution in [0.5, 0.6) is 0 Å². The van der Waals surface area contributed by atoms with Crippen molar-refractivity contribution in [2.24, 2.45) is 0 Å². The van der Waals surface area contributed by atoms with Crippen LogP contribution in [0.2, 0.25) is 0 Å². The first-order chi connectivity index (χ1) is 8.67. The molecular formula is C17H29N. The summed E-state index contributed by atoms with van der Waals surface area (Å²) < 4.78 is 0. The molecule has 0 aliphatic rings. The highest BCUT2D eigenvalue weighted by Gasteiger charge is 2.05. The highest BCUT2D eigenvalue weighted by Crippen LogP contribution is 2.14. The van der Waals surface area contributed by atoms with Crippen molar-refractivity contribution in [3.8, 4) is 0 Å². The van der Waals surface area contributed by atoms with E-state index in [-0.39, 0.29) is 0 Å². The van der Waals surface area contributed by atoms with Crippen LogP contribution in [0, 0.1) is 13.8 Å². The molecule has 0 aromatic heterocycles. The standard InChI is InChI=1S/C17H29N/c1-5-12-18-17(6-2)9-7-8-16-13-14(3)10-11-15(16)4/h10-11,13,17-18H,5-9,12H2,1-4H3. The lowest BCUT2D eigenvalue weighted by Gasteiger charge is -2.16. The fourth-order valence-corrected chi connectivity index (χ4v) is 2.41. The Morgan fingerprint density at radius 1 is 1.17 bits per heavy atom. The molecule has 0 aliphatic carbocycles. The average Bonchev–Trinajstić information content (AvgIpc) is 2.37. The predicted molar refractivity (Wildman–Crippen MR) is 81.2 cm³/mol. The summed E-state index contributed by atoms with van der Waals surface area (Å²) in [4.78, 5) is 0. The quantitative estimate of drug-likeness (QED) is 0.717. The highest BCUT2D eigenvalue weighted by atomic mass is 14.9. The molecule has 0 spiro atoms. The molecule has 1 N–H and O–H groups in total. The van der Waals surface area contributed by atoms with Crippen molar-refractivity contribution in [3.05, 3.63) is 34.9 Å². The molecule has 18 heavy (non-hydrogen) atoms. The van der Waals surface area contributed by atoms with E-state index in [2.05, 4.69) is 51.2 Å². The first kappa shape index (κ1) is 15.2. The molecule has 0 aliphatic heterocycles. The van der Waals surface area contributed by atoms with E-state index in [1.165, 1.54) is 48.8 Å². The molecule has 0 amide bonds. The van der Waals surface area contributed by atoms with Gasteiger partial charge in [0.1, 0.15) is 0 Å². The third kappa shape index (κ3) is 5.22. The second-order valence-corrected chi connectivity index (χ2v) is 5.38. The maximum atomic E-state index is 3.63. The Labute approximate surface area is 113 Å². The third-order valence-electron chi connectivity index (χ3n) is 3.68. The molecule has 1 rings (SSSR count). The summed E-state index contributed by atoms with van der Waals surface area (Å²) in [6.45, 7) is 10.1. The van der Waals surface area contributed by atoms with Gasteiger partial charge >= 0.3 is 0 Å². The Morgan fingerprint density at radius 2 is 1.94 bits per heavy atom. The zero-order chi connectivity index (χ0) is 13.4. The lowest BCUT2D eigenvalue weighted by molar-refractivity contribution is 0.455. The van der Waals surface area contributed by atoms with Crippen molar-refractivity contribution < 1.29 is 0 Å². The van der Waals surface area contributed by atoms with Gasteiger partial charge in [-0.2, -0.15) is 0 Å². The fourth-order valence-electron chi connectivity index (χ4n) is 2.41. The molecule has 0 radical (unpaired) electrons. The summed E-state index contributed by atoms with van der Waals surface area (Å²) in [5.41, 5.74) is 4.35. The van der Waals surface area contributed by atoms with E-state index in [9.17, 15) is 0 Å². The molecule has 1 aromatic rings. The summed E-state index contributed by atoms with van der Waals surface area (Å²) in [6, 6.07) is 7.50. The van der Waals surface area contributed by atoms with Crippen molar-refractivity contribution in [1.29, 1.82) is 0 Å². The Hall–Kier alpha value is -0.820. The second kappa shape index (κ2) is 8.31. The maximum Gasteiger partial charge on any atom is 0.00645 e. The van der Waals surface area contributed by atoms with Gasteiger partial charge in [0.15, 0.2) is 0 Å². The van der Waals surface area contributed by atoms with Gasteiger partial charge in [-0.15, -0.1) is 0 Å². The van der Waals surface area contributed by atoms with Crippen LogP contribution in [0.15, 0.2) is 18.2 Å². The van der Waals surface area contributed by atoms with Crippen molar-refractivity contribution in [3.63, 3.8) is 0 Å². The average molecular weight is 247 g/mol. The van der Waals surface area contributed by atoms with Crippen LogP contribution in [0.1, 0.15) is 56.2 Å². The van der Waals surface area contributed by atoms with E-state index in [1.807, 2.05) is 0 Å². The minimum Gasteiger partial charge on any atom is -0.314 e. The summed E-state index contributed by atoms with van der Waals surface area (Å²) >= 11 is 0. The van der Waals surface area contributed by atoms with Gasteiger partial charge in [0, 0.05) is 6.04 Å². The minimum absolute atomic E-state index is 0.704. The Morgan fingerprint density at radius 3 is 2.61 bits per heavy atom. The van der Waals surface area contributed by atoms with Gasteiger partial charge in [0.05, 0.1) is 0 Å². The molecule has 0 saturated heterocycles. The number of hydrogen-bond acceptors (Lipinski definition) is 1. The predicted octanol–water partition coefficient (Wildman–Crippen LogP) is 4.40. The maximum absolute atomic E-state index is 3.63. The SMILES string of the molecule is CCCNC(CC)CCCc1cc(C)ccc1C. The summed E-state index contributed by atoms with van der Waals surface area (Å²) in [6.07, 6.45) is 6.28.